The minimum atomic E-state index is -1.85. The maximum atomic E-state index is 12.6. The molecule has 9 nitrogen and oxygen atoms in total. The number of nitrogens with zero attached hydrogens (tertiary/aromatic N) is 3. The second kappa shape index (κ2) is 9.03. The van der Waals surface area contributed by atoms with Gasteiger partial charge < -0.3 is 15.4 Å². The van der Waals surface area contributed by atoms with Crippen molar-refractivity contribution >= 4 is 23.7 Å². The lowest BCUT2D eigenvalue weighted by Crippen LogP contribution is -2.63. The molecule has 2 atom stereocenters. The number of carbonyl (C=O) groups excluding carboxylic acids is 1. The van der Waals surface area contributed by atoms with Gasteiger partial charge in [0.2, 0.25) is 0 Å². The minimum absolute atomic E-state index is 0.0539. The van der Waals surface area contributed by atoms with E-state index in [-0.39, 0.29) is 23.8 Å². The average Bonchev–Trinajstić information content (AvgIpc) is 2.88. The summed E-state index contributed by atoms with van der Waals surface area (Å²) in [6.45, 7) is 0. The zero-order valence-electron chi connectivity index (χ0n) is 18.5. The van der Waals surface area contributed by atoms with Gasteiger partial charge in [-0.3, -0.25) is 9.88 Å². The van der Waals surface area contributed by atoms with Crippen LogP contribution < -0.4 is 0 Å². The number of benzene rings is 3. The van der Waals surface area contributed by atoms with Gasteiger partial charge in [0.1, 0.15) is 29.5 Å². The van der Waals surface area contributed by atoms with Crippen molar-refractivity contribution in [3.05, 3.63) is 95.6 Å². The van der Waals surface area contributed by atoms with Gasteiger partial charge in [0.25, 0.3) is 0 Å². The molecule has 0 bridgehead atoms. The summed E-state index contributed by atoms with van der Waals surface area (Å²) in [5.41, 5.74) is 0.948. The Kier molecular flexibility index (Phi) is 5.76. The summed E-state index contributed by atoms with van der Waals surface area (Å²) in [6, 6.07) is 21.9. The van der Waals surface area contributed by atoms with Gasteiger partial charge in [-0.2, -0.15) is 0 Å². The van der Waals surface area contributed by atoms with Crippen molar-refractivity contribution in [2.24, 2.45) is 9.98 Å². The standard InChI is InChI=1S/C26H21N3O6/c30-20-10-6-18(7-11-20)15-26(25(32)34-35-26)29(33)24-22(14-17-4-2-1-3-5-17)28-23(16-27-24)19-8-12-21(31)13-9-19/h1-13,16,23H,14-15H2,(H2-,28,30,31,33)/p+1. The number of rotatable bonds is 6. The molecule has 0 saturated carbocycles. The Morgan fingerprint density at radius 3 is 2.14 bits per heavy atom. The van der Waals surface area contributed by atoms with Crippen molar-refractivity contribution in [3.8, 4) is 11.5 Å². The summed E-state index contributed by atoms with van der Waals surface area (Å²) in [6.07, 6.45) is 1.84. The van der Waals surface area contributed by atoms with Gasteiger partial charge in [0.05, 0.1) is 6.42 Å². The number of carbonyl (C=O) groups is 1. The van der Waals surface area contributed by atoms with Crippen LogP contribution in [0.2, 0.25) is 0 Å². The first-order chi connectivity index (χ1) is 16.9. The molecule has 3 aromatic carbocycles. The molecule has 5 rings (SSSR count). The van der Waals surface area contributed by atoms with Crippen LogP contribution in [0.5, 0.6) is 11.5 Å². The van der Waals surface area contributed by atoms with E-state index in [1.54, 1.807) is 42.6 Å². The first-order valence-corrected chi connectivity index (χ1v) is 10.9. The normalized spacial score (nSPS) is 22.7. The lowest BCUT2D eigenvalue weighted by Gasteiger charge is -2.32. The molecule has 2 unspecified atom stereocenters. The first-order valence-electron chi connectivity index (χ1n) is 10.9. The van der Waals surface area contributed by atoms with Crippen molar-refractivity contribution < 1.29 is 34.7 Å². The quantitative estimate of drug-likeness (QED) is 0.219. The molecular formula is C26H22N3O6+. The van der Waals surface area contributed by atoms with Crippen LogP contribution in [-0.2, 0) is 27.4 Å². The Morgan fingerprint density at radius 1 is 0.886 bits per heavy atom. The van der Waals surface area contributed by atoms with Gasteiger partial charge in [-0.05, 0) is 50.7 Å². The molecule has 0 aromatic heterocycles. The third-order valence-corrected chi connectivity index (χ3v) is 5.84. The SMILES string of the molecule is O=C1OOC1(Cc1ccc(O)cc1)[N+](O)=C1N=CC(c2ccc(O)cc2)N=C1Cc1ccccc1. The molecule has 2 aliphatic rings. The molecule has 35 heavy (non-hydrogen) atoms. The third-order valence-electron chi connectivity index (χ3n) is 5.84. The fraction of sp³-hybridized carbons (Fsp3) is 0.154. The minimum Gasteiger partial charge on any atom is -0.508 e. The predicted molar refractivity (Wildman–Crippen MR) is 126 cm³/mol. The molecule has 9 heteroatoms. The summed E-state index contributed by atoms with van der Waals surface area (Å²) < 4.78 is 0.664. The number of hydrogen-bond donors (Lipinski definition) is 3. The molecule has 2 aliphatic heterocycles. The molecule has 0 spiro atoms. The maximum Gasteiger partial charge on any atom is 0.425 e. The van der Waals surface area contributed by atoms with Crippen molar-refractivity contribution in [1.82, 2.24) is 0 Å². The number of hydroxylamine groups is 1. The Hall–Kier alpha value is -4.50. The Bertz CT molecular complexity index is 1330. The van der Waals surface area contributed by atoms with E-state index in [1.807, 2.05) is 30.3 Å². The molecule has 1 saturated heterocycles. The van der Waals surface area contributed by atoms with Crippen LogP contribution in [0, 0.1) is 0 Å². The van der Waals surface area contributed by atoms with Crippen LogP contribution in [0.25, 0.3) is 0 Å². The molecule has 0 aliphatic carbocycles. The summed E-state index contributed by atoms with van der Waals surface area (Å²) in [7, 11) is 0. The largest absolute Gasteiger partial charge is 0.508 e. The first kappa shape index (κ1) is 22.3. The number of phenolic OH excluding ortho intramolecular Hbond substituents is 2. The summed E-state index contributed by atoms with van der Waals surface area (Å²) >= 11 is 0. The molecule has 0 amide bonds. The zero-order chi connectivity index (χ0) is 24.4. The molecular weight excluding hydrogens is 450 g/mol. The van der Waals surface area contributed by atoms with Crippen molar-refractivity contribution in [2.75, 3.05) is 0 Å². The fourth-order valence-electron chi connectivity index (χ4n) is 3.93. The number of aromatic hydroxyl groups is 2. The van der Waals surface area contributed by atoms with Crippen molar-refractivity contribution in [2.45, 2.75) is 24.6 Å². The summed E-state index contributed by atoms with van der Waals surface area (Å²) in [5.74, 6) is -0.514. The number of amidine groups is 1. The third kappa shape index (κ3) is 4.36. The highest BCUT2D eigenvalue weighted by Crippen LogP contribution is 2.31. The van der Waals surface area contributed by atoms with E-state index in [2.05, 4.69) is 9.88 Å². The van der Waals surface area contributed by atoms with Crippen LogP contribution in [-0.4, -0.2) is 49.6 Å². The van der Waals surface area contributed by atoms with Gasteiger partial charge in [-0.15, -0.1) is 4.89 Å². The second-order valence-electron chi connectivity index (χ2n) is 8.27. The van der Waals surface area contributed by atoms with Crippen molar-refractivity contribution in [1.29, 1.82) is 0 Å². The highest BCUT2D eigenvalue weighted by Gasteiger charge is 2.63. The van der Waals surface area contributed by atoms with Gasteiger partial charge in [-0.25, -0.2) is 4.79 Å². The van der Waals surface area contributed by atoms with E-state index >= 15 is 0 Å². The lowest BCUT2D eigenvalue weighted by atomic mass is 10.00. The smallest absolute Gasteiger partial charge is 0.425 e. The topological polar surface area (TPSA) is 124 Å². The van der Waals surface area contributed by atoms with Crippen LogP contribution in [0.3, 0.4) is 0 Å². The van der Waals surface area contributed by atoms with Crippen LogP contribution in [0.15, 0.2) is 88.8 Å². The summed E-state index contributed by atoms with van der Waals surface area (Å²) in [4.78, 5) is 31.6. The van der Waals surface area contributed by atoms with Crippen molar-refractivity contribution in [3.63, 3.8) is 0 Å². The van der Waals surface area contributed by atoms with E-state index in [0.29, 0.717) is 22.4 Å². The highest BCUT2D eigenvalue weighted by atomic mass is 17.3. The van der Waals surface area contributed by atoms with Crippen LogP contribution in [0.4, 0.5) is 0 Å². The molecule has 1 fully saturated rings. The van der Waals surface area contributed by atoms with Gasteiger partial charge in [0, 0.05) is 6.42 Å². The molecule has 3 N–H and O–H groups in total. The van der Waals surface area contributed by atoms with E-state index in [1.165, 1.54) is 12.1 Å². The van der Waals surface area contributed by atoms with E-state index in [4.69, 9.17) is 9.88 Å². The Morgan fingerprint density at radius 2 is 1.54 bits per heavy atom. The summed E-state index contributed by atoms with van der Waals surface area (Å²) in [5, 5.41) is 30.4. The molecule has 2 heterocycles. The van der Waals surface area contributed by atoms with Crippen LogP contribution >= 0.6 is 0 Å². The Labute approximate surface area is 200 Å². The molecule has 176 valence electrons. The Balaban J connectivity index is 1.55. The predicted octanol–water partition coefficient (Wildman–Crippen LogP) is 3.13. The fourth-order valence-corrected chi connectivity index (χ4v) is 3.93. The maximum absolute atomic E-state index is 12.6. The van der Waals surface area contributed by atoms with Gasteiger partial charge in [0.15, 0.2) is 0 Å². The number of hydrogen-bond acceptors (Lipinski definition) is 7. The van der Waals surface area contributed by atoms with E-state index in [9.17, 15) is 20.2 Å². The van der Waals surface area contributed by atoms with E-state index in [0.717, 1.165) is 11.1 Å². The zero-order valence-corrected chi connectivity index (χ0v) is 18.5. The van der Waals surface area contributed by atoms with Gasteiger partial charge in [-0.1, -0.05) is 54.6 Å². The number of aliphatic imine (C=N–C) groups is 2. The van der Waals surface area contributed by atoms with Gasteiger partial charge >= 0.3 is 17.5 Å². The molecule has 3 aromatic rings. The van der Waals surface area contributed by atoms with E-state index < -0.39 is 17.7 Å². The molecule has 0 radical (unpaired) electrons. The second-order valence-corrected chi connectivity index (χ2v) is 8.27. The van der Waals surface area contributed by atoms with Crippen LogP contribution in [0.1, 0.15) is 22.7 Å². The number of phenols is 2. The lowest BCUT2D eigenvalue weighted by molar-refractivity contribution is -0.875. The highest BCUT2D eigenvalue weighted by molar-refractivity contribution is 6.42. The monoisotopic (exact) mass is 472 g/mol. The average molecular weight is 472 g/mol.